The third kappa shape index (κ3) is 2.58. The van der Waals surface area contributed by atoms with Crippen molar-refractivity contribution in [1.29, 1.82) is 0 Å². The monoisotopic (exact) mass is 315 g/mol. The van der Waals surface area contributed by atoms with Gasteiger partial charge in [0.1, 0.15) is 5.65 Å². The molecule has 0 aromatic carbocycles. The Bertz CT molecular complexity index is 900. The molecule has 3 rings (SSSR count). The molecule has 0 aliphatic rings. The van der Waals surface area contributed by atoms with E-state index in [1.807, 2.05) is 24.4 Å². The van der Waals surface area contributed by atoms with Crippen LogP contribution in [0.15, 0.2) is 40.6 Å². The fourth-order valence-corrected chi connectivity index (χ4v) is 2.75. The van der Waals surface area contributed by atoms with Crippen molar-refractivity contribution in [2.75, 3.05) is 0 Å². The summed E-state index contributed by atoms with van der Waals surface area (Å²) in [7, 11) is 0. The number of amides is 1. The second-order valence-electron chi connectivity index (χ2n) is 4.81. The second kappa shape index (κ2) is 5.61. The average Bonchev–Trinajstić information content (AvgIpc) is 2.99. The van der Waals surface area contributed by atoms with Crippen molar-refractivity contribution in [3.05, 3.63) is 62.2 Å². The fraction of sp³-hybridized carbons (Fsp3) is 0.133. The zero-order valence-electron chi connectivity index (χ0n) is 11.7. The molecule has 3 aromatic rings. The molecular formula is C15H13N3O3S. The number of fused-ring (bicyclic) bond motifs is 1. The highest BCUT2D eigenvalue weighted by Crippen LogP contribution is 2.13. The molecule has 0 unspecified atom stereocenters. The molecule has 0 saturated carbocycles. The average molecular weight is 315 g/mol. The van der Waals surface area contributed by atoms with Crippen LogP contribution in [-0.4, -0.2) is 20.4 Å². The molecule has 0 saturated heterocycles. The normalized spacial score (nSPS) is 10.8. The number of nitrogens with zero attached hydrogens (tertiary/aromatic N) is 2. The molecule has 2 N–H and O–H groups in total. The summed E-state index contributed by atoms with van der Waals surface area (Å²) in [6.45, 7) is 2.13. The summed E-state index contributed by atoms with van der Waals surface area (Å²) in [6.07, 6.45) is 1.58. The number of nitrogens with one attached hydrogen (secondary N) is 1. The van der Waals surface area contributed by atoms with E-state index in [1.54, 1.807) is 18.3 Å². The van der Waals surface area contributed by atoms with Crippen LogP contribution in [0, 0.1) is 6.92 Å². The standard InChI is InChI=1S/C15H13N3O3S/c1-9-4-5-11-17-14(20)12(15(21)18(11)8-9)13(19)16-7-10-3-2-6-22-10/h2-6,8,20H,7H2,1H3,(H,16,19). The Kier molecular flexibility index (Phi) is 3.64. The lowest BCUT2D eigenvalue weighted by Gasteiger charge is -2.07. The van der Waals surface area contributed by atoms with Crippen molar-refractivity contribution in [2.24, 2.45) is 0 Å². The third-order valence-corrected chi connectivity index (χ3v) is 4.06. The van der Waals surface area contributed by atoms with Gasteiger partial charge in [0.05, 0.1) is 6.54 Å². The van der Waals surface area contributed by atoms with Crippen LogP contribution in [0.1, 0.15) is 20.8 Å². The van der Waals surface area contributed by atoms with Crippen LogP contribution in [0.2, 0.25) is 0 Å². The third-order valence-electron chi connectivity index (χ3n) is 3.18. The number of aryl methyl sites for hydroxylation is 1. The maximum absolute atomic E-state index is 12.4. The van der Waals surface area contributed by atoms with E-state index in [-0.39, 0.29) is 5.56 Å². The first kappa shape index (κ1) is 14.3. The van der Waals surface area contributed by atoms with Crippen molar-refractivity contribution in [3.8, 4) is 5.88 Å². The summed E-state index contributed by atoms with van der Waals surface area (Å²) < 4.78 is 1.26. The van der Waals surface area contributed by atoms with Crippen LogP contribution < -0.4 is 10.9 Å². The molecule has 7 heteroatoms. The van der Waals surface area contributed by atoms with E-state index < -0.39 is 17.3 Å². The van der Waals surface area contributed by atoms with Gasteiger partial charge in [-0.15, -0.1) is 11.3 Å². The number of hydrogen-bond acceptors (Lipinski definition) is 5. The van der Waals surface area contributed by atoms with Gasteiger partial charge in [-0.25, -0.2) is 0 Å². The van der Waals surface area contributed by atoms with E-state index in [1.165, 1.54) is 15.7 Å². The van der Waals surface area contributed by atoms with Gasteiger partial charge >= 0.3 is 0 Å². The summed E-state index contributed by atoms with van der Waals surface area (Å²) in [6, 6.07) is 7.14. The van der Waals surface area contributed by atoms with Crippen molar-refractivity contribution in [3.63, 3.8) is 0 Å². The largest absolute Gasteiger partial charge is 0.493 e. The van der Waals surface area contributed by atoms with Crippen molar-refractivity contribution in [2.45, 2.75) is 13.5 Å². The van der Waals surface area contributed by atoms with E-state index in [4.69, 9.17) is 0 Å². The first-order chi connectivity index (χ1) is 10.6. The molecule has 0 spiro atoms. The van der Waals surface area contributed by atoms with Crippen molar-refractivity contribution >= 4 is 22.9 Å². The maximum atomic E-state index is 12.4. The molecule has 0 radical (unpaired) electrons. The number of aromatic nitrogens is 2. The summed E-state index contributed by atoms with van der Waals surface area (Å²) in [5, 5.41) is 14.4. The first-order valence-electron chi connectivity index (χ1n) is 6.59. The number of pyridine rings is 1. The summed E-state index contributed by atoms with van der Waals surface area (Å²) >= 11 is 1.50. The Morgan fingerprint density at radius 1 is 1.41 bits per heavy atom. The lowest BCUT2D eigenvalue weighted by atomic mass is 10.2. The number of hydrogen-bond donors (Lipinski definition) is 2. The molecule has 0 atom stereocenters. The van der Waals surface area contributed by atoms with Crippen molar-refractivity contribution in [1.82, 2.24) is 14.7 Å². The fourth-order valence-electron chi connectivity index (χ4n) is 2.10. The Labute approximate surface area is 129 Å². The Morgan fingerprint density at radius 2 is 2.23 bits per heavy atom. The van der Waals surface area contributed by atoms with Gasteiger partial charge in [0.15, 0.2) is 5.56 Å². The second-order valence-corrected chi connectivity index (χ2v) is 5.84. The van der Waals surface area contributed by atoms with Crippen LogP contribution in [0.5, 0.6) is 5.88 Å². The molecule has 22 heavy (non-hydrogen) atoms. The van der Waals surface area contributed by atoms with Gasteiger partial charge in [-0.1, -0.05) is 12.1 Å². The molecule has 1 amide bonds. The number of rotatable bonds is 3. The Morgan fingerprint density at radius 3 is 2.95 bits per heavy atom. The quantitative estimate of drug-likeness (QED) is 0.770. The summed E-state index contributed by atoms with van der Waals surface area (Å²) in [5.41, 5.74) is 0.212. The molecule has 112 valence electrons. The predicted octanol–water partition coefficient (Wildman–Crippen LogP) is 1.70. The molecule has 0 aliphatic heterocycles. The lowest BCUT2D eigenvalue weighted by molar-refractivity contribution is 0.0946. The van der Waals surface area contributed by atoms with Crippen molar-refractivity contribution < 1.29 is 9.90 Å². The number of aromatic hydroxyl groups is 1. The van der Waals surface area contributed by atoms with E-state index in [0.29, 0.717) is 12.2 Å². The molecule has 6 nitrogen and oxygen atoms in total. The summed E-state index contributed by atoms with van der Waals surface area (Å²) in [4.78, 5) is 29.5. The minimum atomic E-state index is -0.640. The van der Waals surface area contributed by atoms with Gasteiger partial charge in [-0.3, -0.25) is 14.0 Å². The number of carbonyl (C=O) groups is 1. The van der Waals surface area contributed by atoms with Crippen LogP contribution in [0.25, 0.3) is 5.65 Å². The predicted molar refractivity (Wildman–Crippen MR) is 83.4 cm³/mol. The molecule has 3 aromatic heterocycles. The highest BCUT2D eigenvalue weighted by Gasteiger charge is 2.19. The van der Waals surface area contributed by atoms with Gasteiger partial charge in [0.2, 0.25) is 5.88 Å². The first-order valence-corrected chi connectivity index (χ1v) is 7.47. The number of thiophene rings is 1. The van der Waals surface area contributed by atoms with Gasteiger partial charge in [-0.2, -0.15) is 4.98 Å². The van der Waals surface area contributed by atoms with Crippen LogP contribution in [0.3, 0.4) is 0 Å². The highest BCUT2D eigenvalue weighted by molar-refractivity contribution is 7.09. The minimum absolute atomic E-state index is 0.294. The SMILES string of the molecule is Cc1ccc2nc(O)c(C(=O)NCc3cccs3)c(=O)n2c1. The zero-order valence-corrected chi connectivity index (χ0v) is 12.6. The molecule has 0 fully saturated rings. The van der Waals surface area contributed by atoms with Crippen LogP contribution in [-0.2, 0) is 6.54 Å². The van der Waals surface area contributed by atoms with E-state index >= 15 is 0 Å². The molecule has 3 heterocycles. The van der Waals surface area contributed by atoms with Gasteiger partial charge in [0.25, 0.3) is 11.5 Å². The Hall–Kier alpha value is -2.67. The molecule has 0 bridgehead atoms. The summed E-state index contributed by atoms with van der Waals surface area (Å²) in [5.74, 6) is -1.20. The van der Waals surface area contributed by atoms with Gasteiger partial charge < -0.3 is 10.4 Å². The molecular weight excluding hydrogens is 302 g/mol. The van der Waals surface area contributed by atoms with E-state index in [9.17, 15) is 14.7 Å². The van der Waals surface area contributed by atoms with Gasteiger partial charge in [-0.05, 0) is 30.0 Å². The maximum Gasteiger partial charge on any atom is 0.274 e. The van der Waals surface area contributed by atoms with E-state index in [2.05, 4.69) is 10.3 Å². The van der Waals surface area contributed by atoms with Gasteiger partial charge in [0, 0.05) is 11.1 Å². The van der Waals surface area contributed by atoms with Crippen LogP contribution in [0.4, 0.5) is 0 Å². The number of carbonyl (C=O) groups excluding carboxylic acids is 1. The highest BCUT2D eigenvalue weighted by atomic mass is 32.1. The smallest absolute Gasteiger partial charge is 0.274 e. The molecule has 0 aliphatic carbocycles. The lowest BCUT2D eigenvalue weighted by Crippen LogP contribution is -2.31. The Balaban J connectivity index is 1.99. The zero-order chi connectivity index (χ0) is 15.7. The minimum Gasteiger partial charge on any atom is -0.493 e. The van der Waals surface area contributed by atoms with E-state index in [0.717, 1.165) is 10.4 Å². The topological polar surface area (TPSA) is 83.7 Å². The van der Waals surface area contributed by atoms with Crippen LogP contribution >= 0.6 is 11.3 Å².